The quantitative estimate of drug-likeness (QED) is 0.312. The summed E-state index contributed by atoms with van der Waals surface area (Å²) in [5.41, 5.74) is 4.84. The van der Waals surface area contributed by atoms with Crippen molar-refractivity contribution in [3.05, 3.63) is 103 Å². The smallest absolute Gasteiger partial charge is 0.269 e. The molecular formula is C30H24N4O3S. The van der Waals surface area contributed by atoms with Crippen LogP contribution in [0.2, 0.25) is 0 Å². The fraction of sp³-hybridized carbons (Fsp3) is 0.133. The molecule has 0 saturated carbocycles. The van der Waals surface area contributed by atoms with Crippen molar-refractivity contribution < 1.29 is 13.2 Å². The summed E-state index contributed by atoms with van der Waals surface area (Å²) < 4.78 is 34.8. The first-order valence-electron chi connectivity index (χ1n) is 12.3. The summed E-state index contributed by atoms with van der Waals surface area (Å²) in [6.45, 7) is 3.01. The number of aromatic nitrogens is 2. The number of hydrogen-bond donors (Lipinski definition) is 0. The van der Waals surface area contributed by atoms with E-state index in [2.05, 4.69) is 16.0 Å². The van der Waals surface area contributed by atoms with Gasteiger partial charge in [0.25, 0.3) is 10.0 Å². The normalized spacial score (nSPS) is 13.9. The van der Waals surface area contributed by atoms with Crippen molar-refractivity contribution in [1.82, 2.24) is 8.96 Å². The van der Waals surface area contributed by atoms with Crippen molar-refractivity contribution in [2.45, 2.75) is 4.90 Å². The summed E-state index contributed by atoms with van der Waals surface area (Å²) in [4.78, 5) is 6.97. The molecule has 0 spiro atoms. The standard InChI is InChI=1S/C30H24N4O3S/c31-21-22-5-4-6-24(19-22)27-13-14-32-30-28(27)20-29(34(30)38(35,36)26-7-2-1-3-8-26)23-9-11-25(12-10-23)33-15-17-37-18-16-33/h1-14,19-20H,15-18H2. The van der Waals surface area contributed by atoms with Crippen LogP contribution in [0.4, 0.5) is 5.69 Å². The fourth-order valence-electron chi connectivity index (χ4n) is 4.89. The highest BCUT2D eigenvalue weighted by molar-refractivity contribution is 7.90. The molecule has 0 radical (unpaired) electrons. The highest BCUT2D eigenvalue weighted by Gasteiger charge is 2.26. The molecule has 188 valence electrons. The molecule has 1 fully saturated rings. The largest absolute Gasteiger partial charge is 0.378 e. The van der Waals surface area contributed by atoms with E-state index >= 15 is 0 Å². The Hall–Kier alpha value is -4.45. The molecular weight excluding hydrogens is 496 g/mol. The molecule has 6 rings (SSSR count). The third-order valence-electron chi connectivity index (χ3n) is 6.78. The van der Waals surface area contributed by atoms with Crippen LogP contribution >= 0.6 is 0 Å². The molecule has 0 atom stereocenters. The minimum atomic E-state index is -3.97. The summed E-state index contributed by atoms with van der Waals surface area (Å²) in [6, 6.07) is 29.5. The maximum absolute atomic E-state index is 14.0. The molecule has 0 aliphatic carbocycles. The number of nitriles is 1. The third-order valence-corrected chi connectivity index (χ3v) is 8.50. The Kier molecular flexibility index (Phi) is 6.16. The van der Waals surface area contributed by atoms with Crippen molar-refractivity contribution in [3.8, 4) is 28.5 Å². The van der Waals surface area contributed by atoms with Crippen LogP contribution in [-0.2, 0) is 14.8 Å². The first-order valence-corrected chi connectivity index (χ1v) is 13.7. The Morgan fingerprint density at radius 1 is 0.842 bits per heavy atom. The van der Waals surface area contributed by atoms with Crippen molar-refractivity contribution >= 4 is 26.7 Å². The number of fused-ring (bicyclic) bond motifs is 1. The van der Waals surface area contributed by atoms with Gasteiger partial charge in [0.1, 0.15) is 0 Å². The summed E-state index contributed by atoms with van der Waals surface area (Å²) in [6.07, 6.45) is 1.61. The lowest BCUT2D eigenvalue weighted by atomic mass is 10.0. The second-order valence-corrected chi connectivity index (χ2v) is 10.8. The molecule has 8 heteroatoms. The van der Waals surface area contributed by atoms with Crippen LogP contribution in [0.3, 0.4) is 0 Å². The van der Waals surface area contributed by atoms with E-state index in [9.17, 15) is 13.7 Å². The fourth-order valence-corrected chi connectivity index (χ4v) is 6.39. The van der Waals surface area contributed by atoms with Crippen LogP contribution < -0.4 is 4.90 Å². The molecule has 7 nitrogen and oxygen atoms in total. The zero-order valence-corrected chi connectivity index (χ0v) is 21.3. The van der Waals surface area contributed by atoms with E-state index in [0.29, 0.717) is 35.5 Å². The Morgan fingerprint density at radius 2 is 1.61 bits per heavy atom. The maximum atomic E-state index is 14.0. The van der Waals surface area contributed by atoms with Gasteiger partial charge in [-0.05, 0) is 65.2 Å². The van der Waals surface area contributed by atoms with E-state index in [0.717, 1.165) is 35.5 Å². The minimum absolute atomic E-state index is 0.183. The number of pyridine rings is 1. The average molecular weight is 521 g/mol. The second kappa shape index (κ2) is 9.78. The predicted molar refractivity (Wildman–Crippen MR) is 147 cm³/mol. The molecule has 1 saturated heterocycles. The van der Waals surface area contributed by atoms with Gasteiger partial charge in [-0.2, -0.15) is 5.26 Å². The lowest BCUT2D eigenvalue weighted by Gasteiger charge is -2.28. The number of anilines is 1. The molecule has 2 aromatic heterocycles. The van der Waals surface area contributed by atoms with Crippen LogP contribution in [0.15, 0.2) is 102 Å². The monoisotopic (exact) mass is 520 g/mol. The molecule has 3 aromatic carbocycles. The van der Waals surface area contributed by atoms with E-state index in [4.69, 9.17) is 4.74 Å². The molecule has 0 unspecified atom stereocenters. The van der Waals surface area contributed by atoms with Crippen LogP contribution in [0.25, 0.3) is 33.4 Å². The molecule has 1 aliphatic rings. The molecule has 0 N–H and O–H groups in total. The summed E-state index contributed by atoms with van der Waals surface area (Å²) in [5, 5.41) is 10.1. The second-order valence-electron chi connectivity index (χ2n) is 9.05. The Balaban J connectivity index is 1.57. The number of nitrogens with zero attached hydrogens (tertiary/aromatic N) is 4. The van der Waals surface area contributed by atoms with E-state index < -0.39 is 10.0 Å². The van der Waals surface area contributed by atoms with Gasteiger partial charge in [0.2, 0.25) is 0 Å². The first kappa shape index (κ1) is 23.9. The molecule has 3 heterocycles. The maximum Gasteiger partial charge on any atom is 0.269 e. The molecule has 5 aromatic rings. The van der Waals surface area contributed by atoms with Crippen molar-refractivity contribution in [2.75, 3.05) is 31.2 Å². The van der Waals surface area contributed by atoms with E-state index in [1.165, 1.54) is 3.97 Å². The number of benzene rings is 3. The van der Waals surface area contributed by atoms with Gasteiger partial charge in [-0.1, -0.05) is 42.5 Å². The van der Waals surface area contributed by atoms with E-state index in [1.54, 1.807) is 48.7 Å². The van der Waals surface area contributed by atoms with Gasteiger partial charge >= 0.3 is 0 Å². The van der Waals surface area contributed by atoms with Crippen molar-refractivity contribution in [1.29, 1.82) is 5.26 Å². The van der Waals surface area contributed by atoms with Crippen molar-refractivity contribution in [3.63, 3.8) is 0 Å². The average Bonchev–Trinajstić information content (AvgIpc) is 3.39. The number of hydrogen-bond acceptors (Lipinski definition) is 6. The molecule has 38 heavy (non-hydrogen) atoms. The van der Waals surface area contributed by atoms with Gasteiger partial charge in [-0.25, -0.2) is 17.4 Å². The first-order chi connectivity index (χ1) is 18.6. The topological polar surface area (TPSA) is 88.2 Å². The third kappa shape index (κ3) is 4.22. The summed E-state index contributed by atoms with van der Waals surface area (Å²) in [5.74, 6) is 0. The SMILES string of the molecule is N#Cc1cccc(-c2ccnc3c2cc(-c2ccc(N4CCOCC4)cc2)n3S(=O)(=O)c2ccccc2)c1. The van der Waals surface area contributed by atoms with Crippen LogP contribution in [-0.4, -0.2) is 43.7 Å². The lowest BCUT2D eigenvalue weighted by molar-refractivity contribution is 0.122. The molecule has 0 bridgehead atoms. The predicted octanol–water partition coefficient (Wildman–Crippen LogP) is 5.32. The van der Waals surface area contributed by atoms with Gasteiger partial charge in [-0.15, -0.1) is 0 Å². The van der Waals surface area contributed by atoms with Gasteiger partial charge in [0, 0.05) is 30.4 Å². The van der Waals surface area contributed by atoms with Gasteiger partial charge in [0.05, 0.1) is 35.4 Å². The van der Waals surface area contributed by atoms with Gasteiger partial charge in [-0.3, -0.25) is 0 Å². The highest BCUT2D eigenvalue weighted by Crippen LogP contribution is 2.37. The number of rotatable bonds is 5. The lowest BCUT2D eigenvalue weighted by Crippen LogP contribution is -2.36. The Morgan fingerprint density at radius 3 is 2.34 bits per heavy atom. The number of morpholine rings is 1. The van der Waals surface area contributed by atoms with Crippen LogP contribution in [0, 0.1) is 11.3 Å². The summed E-state index contributed by atoms with van der Waals surface area (Å²) >= 11 is 0. The van der Waals surface area contributed by atoms with Gasteiger partial charge < -0.3 is 9.64 Å². The van der Waals surface area contributed by atoms with E-state index in [1.807, 2.05) is 48.5 Å². The molecule has 0 amide bonds. The zero-order chi connectivity index (χ0) is 26.1. The van der Waals surface area contributed by atoms with E-state index in [-0.39, 0.29) is 4.90 Å². The van der Waals surface area contributed by atoms with Gasteiger partial charge in [0.15, 0.2) is 5.65 Å². The number of ether oxygens (including phenoxy) is 1. The minimum Gasteiger partial charge on any atom is -0.378 e. The highest BCUT2D eigenvalue weighted by atomic mass is 32.2. The van der Waals surface area contributed by atoms with Crippen molar-refractivity contribution in [2.24, 2.45) is 0 Å². The van der Waals surface area contributed by atoms with Crippen LogP contribution in [0.1, 0.15) is 5.56 Å². The van der Waals surface area contributed by atoms with Crippen LogP contribution in [0.5, 0.6) is 0 Å². The Bertz CT molecular complexity index is 1770. The molecule has 1 aliphatic heterocycles. The Labute approximate surface area is 221 Å². The zero-order valence-electron chi connectivity index (χ0n) is 20.5. The summed E-state index contributed by atoms with van der Waals surface area (Å²) in [7, 11) is -3.97.